The molecule has 0 spiro atoms. The second-order valence-corrected chi connectivity index (χ2v) is 3.96. The van der Waals surface area contributed by atoms with Gasteiger partial charge in [0.1, 0.15) is 0 Å². The van der Waals surface area contributed by atoms with Gasteiger partial charge in [-0.2, -0.15) is 0 Å². The Kier molecular flexibility index (Phi) is 3.41. The Hall–Kier alpha value is -1.55. The average Bonchev–Trinajstić information content (AvgIpc) is 2.33. The lowest BCUT2D eigenvalue weighted by molar-refractivity contribution is -0.122. The topological polar surface area (TPSA) is 64.3 Å². The molecule has 0 unspecified atom stereocenters. The summed E-state index contributed by atoms with van der Waals surface area (Å²) in [6.07, 6.45) is 1.58. The molecule has 1 amide bonds. The van der Waals surface area contributed by atoms with Crippen molar-refractivity contribution in [1.82, 2.24) is 0 Å². The number of carbonyl (C=O) groups excluding carboxylic acids is 1. The van der Waals surface area contributed by atoms with Crippen molar-refractivity contribution in [2.75, 3.05) is 24.3 Å². The van der Waals surface area contributed by atoms with Crippen LogP contribution in [-0.4, -0.2) is 19.1 Å². The van der Waals surface area contributed by atoms with Crippen molar-refractivity contribution in [3.05, 3.63) is 24.3 Å². The molecular formula is C12H16N2O2. The van der Waals surface area contributed by atoms with Crippen LogP contribution in [0.4, 0.5) is 11.4 Å². The number of nitrogens with two attached hydrogens (primary N) is 1. The van der Waals surface area contributed by atoms with E-state index in [2.05, 4.69) is 5.32 Å². The highest BCUT2D eigenvalue weighted by Crippen LogP contribution is 2.21. The lowest BCUT2D eigenvalue weighted by atomic mass is 9.99. The summed E-state index contributed by atoms with van der Waals surface area (Å²) in [7, 11) is 0. The molecule has 0 aliphatic carbocycles. The van der Waals surface area contributed by atoms with Crippen LogP contribution in [0.3, 0.4) is 0 Å². The molecule has 4 nitrogen and oxygen atoms in total. The quantitative estimate of drug-likeness (QED) is 0.744. The molecule has 0 atom stereocenters. The fraction of sp³-hybridized carbons (Fsp3) is 0.417. The molecule has 0 bridgehead atoms. The molecule has 1 heterocycles. The molecule has 1 aromatic carbocycles. The summed E-state index contributed by atoms with van der Waals surface area (Å²) in [5.74, 6) is 0.0922. The van der Waals surface area contributed by atoms with E-state index in [9.17, 15) is 4.79 Å². The van der Waals surface area contributed by atoms with Gasteiger partial charge in [-0.25, -0.2) is 0 Å². The summed E-state index contributed by atoms with van der Waals surface area (Å²) in [6, 6.07) is 7.29. The first-order valence-corrected chi connectivity index (χ1v) is 5.50. The molecule has 1 aliphatic heterocycles. The molecular weight excluding hydrogens is 204 g/mol. The van der Waals surface area contributed by atoms with Crippen LogP contribution < -0.4 is 11.1 Å². The van der Waals surface area contributed by atoms with Gasteiger partial charge in [0.05, 0.1) is 11.4 Å². The van der Waals surface area contributed by atoms with Crippen LogP contribution in [0.1, 0.15) is 12.8 Å². The van der Waals surface area contributed by atoms with Gasteiger partial charge in [-0.3, -0.25) is 4.79 Å². The monoisotopic (exact) mass is 220 g/mol. The first-order valence-electron chi connectivity index (χ1n) is 5.50. The van der Waals surface area contributed by atoms with Gasteiger partial charge >= 0.3 is 0 Å². The summed E-state index contributed by atoms with van der Waals surface area (Å²) in [4.78, 5) is 11.9. The third-order valence-electron chi connectivity index (χ3n) is 2.81. The Labute approximate surface area is 94.8 Å². The van der Waals surface area contributed by atoms with Crippen LogP contribution in [0.2, 0.25) is 0 Å². The van der Waals surface area contributed by atoms with Gasteiger partial charge in [0.2, 0.25) is 5.91 Å². The molecule has 0 aromatic heterocycles. The Morgan fingerprint density at radius 3 is 2.69 bits per heavy atom. The Morgan fingerprint density at radius 1 is 1.31 bits per heavy atom. The second kappa shape index (κ2) is 4.99. The van der Waals surface area contributed by atoms with Crippen LogP contribution in [-0.2, 0) is 9.53 Å². The summed E-state index contributed by atoms with van der Waals surface area (Å²) < 4.78 is 5.22. The van der Waals surface area contributed by atoms with Gasteiger partial charge in [-0.05, 0) is 25.0 Å². The number of nitrogens with one attached hydrogen (secondary N) is 1. The minimum Gasteiger partial charge on any atom is -0.397 e. The molecule has 1 fully saturated rings. The first-order chi connectivity index (χ1) is 7.77. The van der Waals surface area contributed by atoms with Gasteiger partial charge < -0.3 is 15.8 Å². The van der Waals surface area contributed by atoms with Crippen LogP contribution in [0, 0.1) is 5.92 Å². The molecule has 0 saturated carbocycles. The third-order valence-corrected chi connectivity index (χ3v) is 2.81. The first kappa shape index (κ1) is 11.0. The number of anilines is 2. The van der Waals surface area contributed by atoms with E-state index < -0.39 is 0 Å². The number of amides is 1. The molecule has 1 saturated heterocycles. The van der Waals surface area contributed by atoms with Crippen LogP contribution in [0.5, 0.6) is 0 Å². The van der Waals surface area contributed by atoms with Crippen molar-refractivity contribution >= 4 is 17.3 Å². The number of benzene rings is 1. The molecule has 3 N–H and O–H groups in total. The summed E-state index contributed by atoms with van der Waals surface area (Å²) in [5.41, 5.74) is 7.05. The largest absolute Gasteiger partial charge is 0.397 e. The van der Waals surface area contributed by atoms with Gasteiger partial charge in [-0.1, -0.05) is 12.1 Å². The van der Waals surface area contributed by atoms with E-state index in [0.717, 1.165) is 12.8 Å². The summed E-state index contributed by atoms with van der Waals surface area (Å²) in [5, 5.41) is 2.86. The predicted octanol–water partition coefficient (Wildman–Crippen LogP) is 1.63. The van der Waals surface area contributed by atoms with Gasteiger partial charge in [0, 0.05) is 19.1 Å². The van der Waals surface area contributed by atoms with E-state index in [1.165, 1.54) is 0 Å². The van der Waals surface area contributed by atoms with Crippen molar-refractivity contribution in [3.8, 4) is 0 Å². The number of para-hydroxylation sites is 2. The fourth-order valence-electron chi connectivity index (χ4n) is 1.81. The normalized spacial score (nSPS) is 17.0. The minimum absolute atomic E-state index is 0.0428. The molecule has 2 rings (SSSR count). The van der Waals surface area contributed by atoms with Crippen LogP contribution >= 0.6 is 0 Å². The van der Waals surface area contributed by atoms with E-state index in [1.807, 2.05) is 18.2 Å². The maximum atomic E-state index is 11.9. The number of hydrogen-bond acceptors (Lipinski definition) is 3. The number of rotatable bonds is 2. The number of hydrogen-bond donors (Lipinski definition) is 2. The highest BCUT2D eigenvalue weighted by molar-refractivity contribution is 5.95. The maximum absolute atomic E-state index is 11.9. The minimum atomic E-state index is 0.0428. The Bertz CT molecular complexity index is 373. The molecule has 16 heavy (non-hydrogen) atoms. The van der Waals surface area contributed by atoms with E-state index in [4.69, 9.17) is 10.5 Å². The SMILES string of the molecule is Nc1ccccc1NC(=O)C1CCOCC1. The van der Waals surface area contributed by atoms with E-state index in [1.54, 1.807) is 6.07 Å². The van der Waals surface area contributed by atoms with E-state index in [-0.39, 0.29) is 11.8 Å². The number of nitrogen functional groups attached to an aromatic ring is 1. The van der Waals surface area contributed by atoms with Gasteiger partial charge in [0.25, 0.3) is 0 Å². The Morgan fingerprint density at radius 2 is 2.00 bits per heavy atom. The van der Waals surface area contributed by atoms with Crippen molar-refractivity contribution in [3.63, 3.8) is 0 Å². The van der Waals surface area contributed by atoms with E-state index in [0.29, 0.717) is 24.6 Å². The average molecular weight is 220 g/mol. The number of carbonyl (C=O) groups is 1. The van der Waals surface area contributed by atoms with Crippen molar-refractivity contribution in [2.24, 2.45) is 5.92 Å². The van der Waals surface area contributed by atoms with Gasteiger partial charge in [0.15, 0.2) is 0 Å². The smallest absolute Gasteiger partial charge is 0.227 e. The molecule has 86 valence electrons. The zero-order valence-electron chi connectivity index (χ0n) is 9.11. The zero-order chi connectivity index (χ0) is 11.4. The van der Waals surface area contributed by atoms with Gasteiger partial charge in [-0.15, -0.1) is 0 Å². The molecule has 0 radical (unpaired) electrons. The summed E-state index contributed by atoms with van der Waals surface area (Å²) >= 11 is 0. The molecule has 1 aromatic rings. The lowest BCUT2D eigenvalue weighted by Gasteiger charge is -2.21. The maximum Gasteiger partial charge on any atom is 0.227 e. The summed E-state index contributed by atoms with van der Waals surface area (Å²) in [6.45, 7) is 1.34. The highest BCUT2D eigenvalue weighted by Gasteiger charge is 2.21. The van der Waals surface area contributed by atoms with Crippen LogP contribution in [0.15, 0.2) is 24.3 Å². The fourth-order valence-corrected chi connectivity index (χ4v) is 1.81. The number of ether oxygens (including phenoxy) is 1. The third kappa shape index (κ3) is 2.52. The zero-order valence-corrected chi connectivity index (χ0v) is 9.11. The van der Waals surface area contributed by atoms with Crippen molar-refractivity contribution in [1.29, 1.82) is 0 Å². The molecule has 4 heteroatoms. The van der Waals surface area contributed by atoms with Crippen LogP contribution in [0.25, 0.3) is 0 Å². The Balaban J connectivity index is 1.99. The standard InChI is InChI=1S/C12H16N2O2/c13-10-3-1-2-4-11(10)14-12(15)9-5-7-16-8-6-9/h1-4,9H,5-8,13H2,(H,14,15). The second-order valence-electron chi connectivity index (χ2n) is 3.96. The lowest BCUT2D eigenvalue weighted by Crippen LogP contribution is -2.28. The molecule has 1 aliphatic rings. The van der Waals surface area contributed by atoms with Crippen molar-refractivity contribution < 1.29 is 9.53 Å². The predicted molar refractivity (Wildman–Crippen MR) is 63.0 cm³/mol. The van der Waals surface area contributed by atoms with E-state index >= 15 is 0 Å². The highest BCUT2D eigenvalue weighted by atomic mass is 16.5. The van der Waals surface area contributed by atoms with Crippen molar-refractivity contribution in [2.45, 2.75) is 12.8 Å².